The smallest absolute Gasteiger partial charge is 0.271 e. The number of nitrogens with zero attached hydrogens (tertiary/aromatic N) is 1. The van der Waals surface area contributed by atoms with Gasteiger partial charge in [0.1, 0.15) is 5.04 Å². The molecule has 0 bridgehead atoms. The van der Waals surface area contributed by atoms with Gasteiger partial charge in [-0.15, -0.1) is 17.8 Å². The summed E-state index contributed by atoms with van der Waals surface area (Å²) in [5, 5.41) is 0.775. The fraction of sp³-hybridized carbons (Fsp3) is 0.800. The van der Waals surface area contributed by atoms with E-state index in [1.54, 1.807) is 0 Å². The molecule has 12 heavy (non-hydrogen) atoms. The summed E-state index contributed by atoms with van der Waals surface area (Å²) >= 11 is 0. The van der Waals surface area contributed by atoms with E-state index in [9.17, 15) is 8.42 Å². The highest BCUT2D eigenvalue weighted by molar-refractivity contribution is 8.47. The van der Waals surface area contributed by atoms with E-state index >= 15 is 0 Å². The van der Waals surface area contributed by atoms with Gasteiger partial charge in [0.25, 0.3) is 0 Å². The second kappa shape index (κ2) is 2.44. The Hall–Kier alpha value is -0.110. The van der Waals surface area contributed by atoms with Gasteiger partial charge in [-0.2, -0.15) is 8.42 Å². The molecular formula is C5H9NO4S2. The van der Waals surface area contributed by atoms with Crippen molar-refractivity contribution >= 4 is 26.0 Å². The second-order valence-electron chi connectivity index (χ2n) is 2.49. The van der Waals surface area contributed by atoms with Gasteiger partial charge in [0.2, 0.25) is 0 Å². The van der Waals surface area contributed by atoms with Gasteiger partial charge in [0.05, 0.1) is 12.3 Å². The Bertz CT molecular complexity index is 321. The van der Waals surface area contributed by atoms with Crippen LogP contribution in [-0.2, 0) is 17.7 Å². The largest absolute Gasteiger partial charge is 0.437 e. The lowest BCUT2D eigenvalue weighted by Crippen LogP contribution is -2.33. The Morgan fingerprint density at radius 2 is 2.17 bits per heavy atom. The molecule has 1 spiro atoms. The summed E-state index contributed by atoms with van der Waals surface area (Å²) < 4.78 is 30.8. The van der Waals surface area contributed by atoms with Crippen LogP contribution >= 0.6 is 10.6 Å². The number of rotatable bonds is 1. The third-order valence-electron chi connectivity index (χ3n) is 1.70. The summed E-state index contributed by atoms with van der Waals surface area (Å²) in [7, 11) is -5.56. The molecule has 2 rings (SSSR count). The van der Waals surface area contributed by atoms with Crippen LogP contribution in [0.15, 0.2) is 4.99 Å². The molecule has 5 nitrogen and oxygen atoms in total. The minimum Gasteiger partial charge on any atom is -0.271 e. The van der Waals surface area contributed by atoms with E-state index in [1.165, 1.54) is 0 Å². The van der Waals surface area contributed by atoms with Crippen LogP contribution in [0.25, 0.3) is 0 Å². The Morgan fingerprint density at radius 1 is 1.50 bits per heavy atom. The van der Waals surface area contributed by atoms with Gasteiger partial charge >= 0.3 is 10.4 Å². The van der Waals surface area contributed by atoms with Crippen LogP contribution in [0.3, 0.4) is 0 Å². The van der Waals surface area contributed by atoms with Crippen molar-refractivity contribution in [3.63, 3.8) is 0 Å². The molecule has 0 atom stereocenters. The van der Waals surface area contributed by atoms with E-state index in [0.717, 1.165) is 5.04 Å². The van der Waals surface area contributed by atoms with Gasteiger partial charge in [-0.3, -0.25) is 4.99 Å². The first kappa shape index (κ1) is 8.49. The molecular weight excluding hydrogens is 202 g/mol. The predicted molar refractivity (Wildman–Crippen MR) is 46.1 cm³/mol. The first-order chi connectivity index (χ1) is 5.58. The van der Waals surface area contributed by atoms with Crippen molar-refractivity contribution in [2.45, 2.75) is 13.3 Å². The van der Waals surface area contributed by atoms with Crippen molar-refractivity contribution in [1.29, 1.82) is 0 Å². The average Bonchev–Trinajstić information content (AvgIpc) is 2.29. The minimum atomic E-state index is -3.66. The quantitative estimate of drug-likeness (QED) is 0.641. The van der Waals surface area contributed by atoms with Gasteiger partial charge < -0.3 is 0 Å². The van der Waals surface area contributed by atoms with E-state index in [4.69, 9.17) is 7.26 Å². The van der Waals surface area contributed by atoms with Crippen molar-refractivity contribution in [2.24, 2.45) is 4.99 Å². The highest BCUT2D eigenvalue weighted by Crippen LogP contribution is 2.65. The highest BCUT2D eigenvalue weighted by atomic mass is 32.4. The second-order valence-corrected chi connectivity index (χ2v) is 6.51. The van der Waals surface area contributed by atoms with Gasteiger partial charge in [0, 0.05) is 6.42 Å². The summed E-state index contributed by atoms with van der Waals surface area (Å²) in [4.78, 5) is 4.13. The molecule has 1 saturated heterocycles. The summed E-state index contributed by atoms with van der Waals surface area (Å²) in [5.74, 6) is 0.593. The molecule has 0 aromatic rings. The van der Waals surface area contributed by atoms with E-state index in [-0.39, 0.29) is 0 Å². The summed E-state index contributed by atoms with van der Waals surface area (Å²) in [6.45, 7) is 2.53. The molecule has 0 unspecified atom stereocenters. The zero-order valence-corrected chi connectivity index (χ0v) is 8.15. The zero-order valence-electron chi connectivity index (χ0n) is 6.52. The maximum absolute atomic E-state index is 10.6. The highest BCUT2D eigenvalue weighted by Gasteiger charge is 2.49. The molecule has 1 fully saturated rings. The molecule has 2 aliphatic heterocycles. The van der Waals surface area contributed by atoms with E-state index in [2.05, 4.69) is 4.99 Å². The van der Waals surface area contributed by atoms with Crippen molar-refractivity contribution in [1.82, 2.24) is 0 Å². The zero-order chi connectivity index (χ0) is 8.82. The SMILES string of the molecule is CCC1=NCCS12OS(=O)(=O)O2. The molecule has 2 aliphatic rings. The van der Waals surface area contributed by atoms with E-state index < -0.39 is 21.0 Å². The van der Waals surface area contributed by atoms with Crippen LogP contribution in [0.5, 0.6) is 0 Å². The molecule has 2 heterocycles. The number of hydrogen-bond acceptors (Lipinski definition) is 5. The molecule has 0 aliphatic carbocycles. The molecule has 0 radical (unpaired) electrons. The normalized spacial score (nSPS) is 32.6. The summed E-state index contributed by atoms with van der Waals surface area (Å²) in [5.41, 5.74) is 0. The topological polar surface area (TPSA) is 65.0 Å². The fourth-order valence-electron chi connectivity index (χ4n) is 1.26. The van der Waals surface area contributed by atoms with Gasteiger partial charge in [-0.05, 0) is 0 Å². The fourth-order valence-corrected chi connectivity index (χ4v) is 5.92. The van der Waals surface area contributed by atoms with Crippen LogP contribution in [-0.4, -0.2) is 25.8 Å². The van der Waals surface area contributed by atoms with Gasteiger partial charge in [-0.25, -0.2) is 0 Å². The van der Waals surface area contributed by atoms with Crippen molar-refractivity contribution in [2.75, 3.05) is 12.3 Å². The first-order valence-electron chi connectivity index (χ1n) is 3.59. The van der Waals surface area contributed by atoms with Crippen LogP contribution in [0.2, 0.25) is 0 Å². The number of hydrogen-bond donors (Lipinski definition) is 0. The summed E-state index contributed by atoms with van der Waals surface area (Å²) in [6.07, 6.45) is 0.699. The molecule has 0 saturated carbocycles. The predicted octanol–water partition coefficient (Wildman–Crippen LogP) is 0.735. The lowest BCUT2D eigenvalue weighted by Gasteiger charge is -2.43. The molecule has 0 aromatic carbocycles. The standard InChI is InChI=1S/C5H9NO4S2/c1-2-5-6-3-4-11(5)9-12(7,8)10-11/h2-4H2,1H3. The summed E-state index contributed by atoms with van der Waals surface area (Å²) in [6, 6.07) is 0. The average molecular weight is 211 g/mol. The van der Waals surface area contributed by atoms with Gasteiger partial charge in [-0.1, -0.05) is 6.92 Å². The third-order valence-corrected chi connectivity index (χ3v) is 6.64. The van der Waals surface area contributed by atoms with Crippen LogP contribution in [0, 0.1) is 0 Å². The molecule has 0 amide bonds. The van der Waals surface area contributed by atoms with E-state index in [0.29, 0.717) is 18.7 Å². The van der Waals surface area contributed by atoms with Crippen LogP contribution in [0.1, 0.15) is 13.3 Å². The Labute approximate surface area is 72.8 Å². The van der Waals surface area contributed by atoms with Crippen LogP contribution < -0.4 is 0 Å². The Balaban J connectivity index is 2.22. The Morgan fingerprint density at radius 3 is 2.67 bits per heavy atom. The lowest BCUT2D eigenvalue weighted by atomic mass is 10.5. The minimum absolute atomic E-state index is 0.593. The third kappa shape index (κ3) is 1.08. The van der Waals surface area contributed by atoms with Crippen molar-refractivity contribution in [3.8, 4) is 0 Å². The van der Waals surface area contributed by atoms with Crippen molar-refractivity contribution in [3.05, 3.63) is 0 Å². The number of aliphatic imine (C=N–C) groups is 1. The maximum Gasteiger partial charge on any atom is 0.437 e. The van der Waals surface area contributed by atoms with Gasteiger partial charge in [0.15, 0.2) is 0 Å². The monoisotopic (exact) mass is 211 g/mol. The molecule has 0 N–H and O–H groups in total. The maximum atomic E-state index is 10.6. The Kier molecular flexibility index (Phi) is 1.73. The van der Waals surface area contributed by atoms with Crippen molar-refractivity contribution < 1.29 is 15.7 Å². The van der Waals surface area contributed by atoms with Crippen LogP contribution in [0.4, 0.5) is 0 Å². The molecule has 70 valence electrons. The van der Waals surface area contributed by atoms with E-state index in [1.807, 2.05) is 6.92 Å². The molecule has 7 heteroatoms. The lowest BCUT2D eigenvalue weighted by molar-refractivity contribution is 0.352. The molecule has 0 aromatic heterocycles. The first-order valence-corrected chi connectivity index (χ1v) is 6.58.